The highest BCUT2D eigenvalue weighted by atomic mass is 15.5. The third-order valence-electron chi connectivity index (χ3n) is 3.72. The van der Waals surface area contributed by atoms with E-state index in [4.69, 9.17) is 0 Å². The summed E-state index contributed by atoms with van der Waals surface area (Å²) >= 11 is 0. The number of hydrogen-bond donors (Lipinski definition) is 1. The van der Waals surface area contributed by atoms with Crippen molar-refractivity contribution in [1.29, 1.82) is 0 Å². The molecule has 0 radical (unpaired) electrons. The van der Waals surface area contributed by atoms with E-state index in [-0.39, 0.29) is 0 Å². The number of benzene rings is 1. The zero-order chi connectivity index (χ0) is 13.8. The highest BCUT2D eigenvalue weighted by Gasteiger charge is 2.12. The van der Waals surface area contributed by atoms with Gasteiger partial charge in [-0.2, -0.15) is 5.10 Å². The molecule has 1 fully saturated rings. The van der Waals surface area contributed by atoms with Crippen LogP contribution in [0.25, 0.3) is 5.69 Å². The number of likely N-dealkylation sites (N-methyl/N-ethyl adjacent to an activating group) is 1. The average molecular weight is 271 g/mol. The summed E-state index contributed by atoms with van der Waals surface area (Å²) < 4.78 is 1.87. The Bertz CT molecular complexity index is 512. The van der Waals surface area contributed by atoms with Crippen molar-refractivity contribution in [1.82, 2.24) is 25.1 Å². The lowest BCUT2D eigenvalue weighted by Gasteiger charge is -2.32. The molecule has 0 aliphatic carbocycles. The summed E-state index contributed by atoms with van der Waals surface area (Å²) in [5.41, 5.74) is 5.88. The SMILES string of the molecule is CN1CCN(NCc2ccc(-n3cccn3)cc2)CC1. The third kappa shape index (κ3) is 3.25. The fraction of sp³-hybridized carbons (Fsp3) is 0.400. The first-order valence-electron chi connectivity index (χ1n) is 7.07. The van der Waals surface area contributed by atoms with Gasteiger partial charge in [0.2, 0.25) is 0 Å². The zero-order valence-electron chi connectivity index (χ0n) is 11.9. The molecular formula is C15H21N5. The Morgan fingerprint density at radius 2 is 1.85 bits per heavy atom. The Balaban J connectivity index is 1.53. The van der Waals surface area contributed by atoms with Crippen molar-refractivity contribution in [2.75, 3.05) is 33.2 Å². The van der Waals surface area contributed by atoms with Crippen LogP contribution in [0.2, 0.25) is 0 Å². The monoisotopic (exact) mass is 271 g/mol. The minimum Gasteiger partial charge on any atom is -0.304 e. The Labute approximate surface area is 119 Å². The van der Waals surface area contributed by atoms with E-state index in [1.807, 2.05) is 16.9 Å². The first kappa shape index (κ1) is 13.3. The standard InChI is InChI=1S/C15H21N5/c1-18-9-11-19(12-10-18)17-13-14-3-5-15(6-4-14)20-8-2-7-16-20/h2-8,17H,9-13H2,1H3. The van der Waals surface area contributed by atoms with Crippen LogP contribution < -0.4 is 5.43 Å². The molecule has 1 aliphatic rings. The van der Waals surface area contributed by atoms with Gasteiger partial charge in [-0.15, -0.1) is 0 Å². The number of hydrogen-bond acceptors (Lipinski definition) is 4. The minimum absolute atomic E-state index is 0.878. The molecule has 1 saturated heterocycles. The van der Waals surface area contributed by atoms with Gasteiger partial charge in [0.05, 0.1) is 5.69 Å². The van der Waals surface area contributed by atoms with Crippen LogP contribution in [0.5, 0.6) is 0 Å². The number of aromatic nitrogens is 2. The predicted molar refractivity (Wildman–Crippen MR) is 79.5 cm³/mol. The van der Waals surface area contributed by atoms with Crippen LogP contribution in [-0.2, 0) is 6.54 Å². The number of hydrazine groups is 1. The molecule has 0 bridgehead atoms. The van der Waals surface area contributed by atoms with E-state index in [9.17, 15) is 0 Å². The van der Waals surface area contributed by atoms with Gasteiger partial charge in [-0.05, 0) is 30.8 Å². The van der Waals surface area contributed by atoms with E-state index >= 15 is 0 Å². The van der Waals surface area contributed by atoms with Crippen molar-refractivity contribution in [3.8, 4) is 5.69 Å². The van der Waals surface area contributed by atoms with Crippen molar-refractivity contribution in [2.24, 2.45) is 0 Å². The molecule has 5 nitrogen and oxygen atoms in total. The maximum Gasteiger partial charge on any atom is 0.0645 e. The largest absolute Gasteiger partial charge is 0.304 e. The van der Waals surface area contributed by atoms with Crippen LogP contribution in [0.15, 0.2) is 42.7 Å². The molecule has 5 heteroatoms. The number of nitrogens with one attached hydrogen (secondary N) is 1. The normalized spacial score (nSPS) is 17.4. The number of piperazine rings is 1. The van der Waals surface area contributed by atoms with Crippen molar-refractivity contribution < 1.29 is 0 Å². The molecule has 0 amide bonds. The van der Waals surface area contributed by atoms with Crippen LogP contribution in [0.1, 0.15) is 5.56 Å². The zero-order valence-corrected chi connectivity index (χ0v) is 11.9. The first-order valence-corrected chi connectivity index (χ1v) is 7.07. The van der Waals surface area contributed by atoms with E-state index < -0.39 is 0 Å². The lowest BCUT2D eigenvalue weighted by molar-refractivity contribution is 0.102. The van der Waals surface area contributed by atoms with Crippen LogP contribution >= 0.6 is 0 Å². The van der Waals surface area contributed by atoms with Gasteiger partial charge in [0.25, 0.3) is 0 Å². The molecule has 0 spiro atoms. The van der Waals surface area contributed by atoms with Gasteiger partial charge >= 0.3 is 0 Å². The Hall–Kier alpha value is -1.69. The van der Waals surface area contributed by atoms with Crippen molar-refractivity contribution >= 4 is 0 Å². The fourth-order valence-electron chi connectivity index (χ4n) is 2.36. The van der Waals surface area contributed by atoms with E-state index in [2.05, 4.69) is 51.7 Å². The molecule has 1 aliphatic heterocycles. The van der Waals surface area contributed by atoms with Crippen molar-refractivity contribution in [3.63, 3.8) is 0 Å². The number of rotatable bonds is 4. The molecule has 0 unspecified atom stereocenters. The van der Waals surface area contributed by atoms with E-state index in [0.29, 0.717) is 0 Å². The maximum absolute atomic E-state index is 4.23. The molecule has 1 aromatic heterocycles. The van der Waals surface area contributed by atoms with Gasteiger partial charge in [0.15, 0.2) is 0 Å². The summed E-state index contributed by atoms with van der Waals surface area (Å²) in [6.45, 7) is 5.31. The van der Waals surface area contributed by atoms with E-state index in [0.717, 1.165) is 38.4 Å². The molecule has 3 rings (SSSR count). The van der Waals surface area contributed by atoms with E-state index in [1.165, 1.54) is 5.56 Å². The Morgan fingerprint density at radius 3 is 2.50 bits per heavy atom. The Morgan fingerprint density at radius 1 is 1.10 bits per heavy atom. The topological polar surface area (TPSA) is 36.3 Å². The molecule has 0 saturated carbocycles. The second kappa shape index (κ2) is 6.17. The first-order chi connectivity index (χ1) is 9.81. The average Bonchev–Trinajstić information content (AvgIpc) is 3.01. The smallest absolute Gasteiger partial charge is 0.0645 e. The van der Waals surface area contributed by atoms with Crippen LogP contribution in [0, 0.1) is 0 Å². The third-order valence-corrected chi connectivity index (χ3v) is 3.72. The van der Waals surface area contributed by atoms with Gasteiger partial charge in [-0.3, -0.25) is 5.43 Å². The van der Waals surface area contributed by atoms with Crippen LogP contribution in [0.4, 0.5) is 0 Å². The lowest BCUT2D eigenvalue weighted by atomic mass is 10.2. The summed E-state index contributed by atoms with van der Waals surface area (Å²) in [4.78, 5) is 2.36. The summed E-state index contributed by atoms with van der Waals surface area (Å²) in [7, 11) is 2.17. The van der Waals surface area contributed by atoms with Crippen molar-refractivity contribution in [3.05, 3.63) is 48.3 Å². The fourth-order valence-corrected chi connectivity index (χ4v) is 2.36. The summed E-state index contributed by atoms with van der Waals surface area (Å²) in [6, 6.07) is 10.4. The summed E-state index contributed by atoms with van der Waals surface area (Å²) in [5.74, 6) is 0. The predicted octanol–water partition coefficient (Wildman–Crippen LogP) is 1.12. The van der Waals surface area contributed by atoms with Gasteiger partial charge in [-0.25, -0.2) is 9.69 Å². The van der Waals surface area contributed by atoms with Crippen molar-refractivity contribution in [2.45, 2.75) is 6.54 Å². The molecule has 2 aromatic rings. The van der Waals surface area contributed by atoms with Crippen LogP contribution in [0.3, 0.4) is 0 Å². The molecule has 20 heavy (non-hydrogen) atoms. The minimum atomic E-state index is 0.878. The van der Waals surface area contributed by atoms with E-state index in [1.54, 1.807) is 6.20 Å². The molecule has 2 heterocycles. The Kier molecular flexibility index (Phi) is 4.11. The highest BCUT2D eigenvalue weighted by Crippen LogP contribution is 2.08. The van der Waals surface area contributed by atoms with Gasteiger partial charge in [0, 0.05) is 45.1 Å². The van der Waals surface area contributed by atoms with Gasteiger partial charge in [-0.1, -0.05) is 12.1 Å². The molecule has 1 N–H and O–H groups in total. The van der Waals surface area contributed by atoms with Gasteiger partial charge in [0.1, 0.15) is 0 Å². The number of nitrogens with zero attached hydrogens (tertiary/aromatic N) is 4. The quantitative estimate of drug-likeness (QED) is 0.904. The molecule has 0 atom stereocenters. The second-order valence-corrected chi connectivity index (χ2v) is 5.24. The molecular weight excluding hydrogens is 250 g/mol. The maximum atomic E-state index is 4.23. The van der Waals surface area contributed by atoms with Crippen LogP contribution in [-0.4, -0.2) is 52.9 Å². The molecule has 106 valence electrons. The molecule has 1 aromatic carbocycles. The summed E-state index contributed by atoms with van der Waals surface area (Å²) in [5, 5.41) is 6.54. The summed E-state index contributed by atoms with van der Waals surface area (Å²) in [6.07, 6.45) is 3.75. The second-order valence-electron chi connectivity index (χ2n) is 5.24. The lowest BCUT2D eigenvalue weighted by Crippen LogP contribution is -2.50. The van der Waals surface area contributed by atoms with Gasteiger partial charge < -0.3 is 4.90 Å². The highest BCUT2D eigenvalue weighted by molar-refractivity contribution is 5.33.